The number of aldehydes is 1. The first kappa shape index (κ1) is 12.3. The van der Waals surface area contributed by atoms with Crippen molar-refractivity contribution >= 4 is 12.1 Å². The van der Waals surface area contributed by atoms with E-state index in [1.165, 1.54) is 0 Å². The molecule has 2 rings (SSSR count). The molecule has 5 heteroatoms. The number of aliphatic imine (C=N–C) groups is 1. The number of allylic oxidation sites excluding steroid dienone is 1. The highest BCUT2D eigenvalue weighted by Gasteiger charge is 2.25. The molecule has 94 valence electrons. The molecule has 5 nitrogen and oxygen atoms in total. The minimum absolute atomic E-state index is 0.0446. The van der Waals surface area contributed by atoms with Crippen molar-refractivity contribution in [2.45, 2.75) is 18.9 Å². The quantitative estimate of drug-likeness (QED) is 0.661. The average molecular weight is 238 g/mol. The van der Waals surface area contributed by atoms with Gasteiger partial charge in [-0.05, 0) is 6.42 Å². The first-order chi connectivity index (χ1) is 8.35. The van der Waals surface area contributed by atoms with Gasteiger partial charge < -0.3 is 14.4 Å². The Kier molecular flexibility index (Phi) is 4.28. The summed E-state index contributed by atoms with van der Waals surface area (Å²) < 4.78 is 10.8. The zero-order chi connectivity index (χ0) is 12.1. The lowest BCUT2D eigenvalue weighted by molar-refractivity contribution is -0.105. The van der Waals surface area contributed by atoms with Gasteiger partial charge in [0.05, 0.1) is 6.61 Å². The fourth-order valence-corrected chi connectivity index (χ4v) is 2.11. The number of carbonyl (C=O) groups is 1. The second-order valence-corrected chi connectivity index (χ2v) is 4.13. The SMILES string of the molecule is COC1CC=C(C=O)N=C1N1CCCOCC1. The molecule has 1 atom stereocenters. The Bertz CT molecular complexity index is 331. The second kappa shape index (κ2) is 5.93. The van der Waals surface area contributed by atoms with Gasteiger partial charge in [-0.1, -0.05) is 6.08 Å². The van der Waals surface area contributed by atoms with Gasteiger partial charge in [-0.3, -0.25) is 4.79 Å². The van der Waals surface area contributed by atoms with E-state index >= 15 is 0 Å². The molecule has 0 spiro atoms. The normalized spacial score (nSPS) is 25.9. The monoisotopic (exact) mass is 238 g/mol. The minimum Gasteiger partial charge on any atom is -0.380 e. The smallest absolute Gasteiger partial charge is 0.168 e. The lowest BCUT2D eigenvalue weighted by atomic mass is 10.1. The highest BCUT2D eigenvalue weighted by Crippen LogP contribution is 2.16. The highest BCUT2D eigenvalue weighted by atomic mass is 16.5. The van der Waals surface area contributed by atoms with Gasteiger partial charge in [-0.2, -0.15) is 0 Å². The molecule has 0 radical (unpaired) electrons. The molecule has 2 heterocycles. The molecule has 0 aromatic heterocycles. The fraction of sp³-hybridized carbons (Fsp3) is 0.667. The van der Waals surface area contributed by atoms with Gasteiger partial charge in [0.15, 0.2) is 6.29 Å². The van der Waals surface area contributed by atoms with Gasteiger partial charge in [0.25, 0.3) is 0 Å². The zero-order valence-corrected chi connectivity index (χ0v) is 10.1. The van der Waals surface area contributed by atoms with Gasteiger partial charge in [0.1, 0.15) is 17.6 Å². The maximum atomic E-state index is 10.8. The van der Waals surface area contributed by atoms with Crippen LogP contribution >= 0.6 is 0 Å². The van der Waals surface area contributed by atoms with Crippen LogP contribution in [-0.4, -0.2) is 56.5 Å². The zero-order valence-electron chi connectivity index (χ0n) is 10.1. The van der Waals surface area contributed by atoms with E-state index in [4.69, 9.17) is 9.47 Å². The standard InChI is InChI=1S/C12H18N2O3/c1-16-11-4-3-10(9-15)13-12(11)14-5-2-7-17-8-6-14/h3,9,11H,2,4-8H2,1H3. The van der Waals surface area contributed by atoms with Crippen molar-refractivity contribution in [3.63, 3.8) is 0 Å². The number of nitrogens with zero attached hydrogens (tertiary/aromatic N) is 2. The number of rotatable bonds is 2. The van der Waals surface area contributed by atoms with Crippen molar-refractivity contribution in [3.8, 4) is 0 Å². The van der Waals surface area contributed by atoms with Gasteiger partial charge >= 0.3 is 0 Å². The molecule has 17 heavy (non-hydrogen) atoms. The third kappa shape index (κ3) is 2.92. The molecule has 0 aromatic carbocycles. The van der Waals surface area contributed by atoms with Gasteiger partial charge in [0, 0.05) is 33.2 Å². The summed E-state index contributed by atoms with van der Waals surface area (Å²) in [6.45, 7) is 3.21. The third-order valence-electron chi connectivity index (χ3n) is 3.02. The van der Waals surface area contributed by atoms with E-state index in [9.17, 15) is 4.79 Å². The Morgan fingerprint density at radius 1 is 1.53 bits per heavy atom. The van der Waals surface area contributed by atoms with E-state index in [-0.39, 0.29) is 6.10 Å². The maximum Gasteiger partial charge on any atom is 0.168 e. The molecule has 2 aliphatic heterocycles. The predicted octanol–water partition coefficient (Wildman–Crippen LogP) is 0.609. The molecule has 1 fully saturated rings. The van der Waals surface area contributed by atoms with Crippen LogP contribution in [0.3, 0.4) is 0 Å². The number of carbonyl (C=O) groups excluding carboxylic acids is 1. The van der Waals surface area contributed by atoms with Crippen molar-refractivity contribution in [1.82, 2.24) is 4.90 Å². The number of hydrogen-bond acceptors (Lipinski definition) is 5. The summed E-state index contributed by atoms with van der Waals surface area (Å²) in [4.78, 5) is 17.3. The molecule has 0 aromatic rings. The summed E-state index contributed by atoms with van der Waals surface area (Å²) in [5.74, 6) is 0.864. The Hall–Kier alpha value is -1.20. The van der Waals surface area contributed by atoms with Crippen molar-refractivity contribution in [2.75, 3.05) is 33.4 Å². The summed E-state index contributed by atoms with van der Waals surface area (Å²) in [6, 6.07) is 0. The van der Waals surface area contributed by atoms with Crippen molar-refractivity contribution < 1.29 is 14.3 Å². The Balaban J connectivity index is 2.15. The number of hydrogen-bond donors (Lipinski definition) is 0. The van der Waals surface area contributed by atoms with Crippen LogP contribution in [0.25, 0.3) is 0 Å². The molecule has 0 N–H and O–H groups in total. The van der Waals surface area contributed by atoms with Crippen molar-refractivity contribution in [1.29, 1.82) is 0 Å². The molecule has 0 amide bonds. The summed E-state index contributed by atoms with van der Waals surface area (Å²) in [5, 5.41) is 0. The molecule has 0 aliphatic carbocycles. The molecule has 1 unspecified atom stereocenters. The second-order valence-electron chi connectivity index (χ2n) is 4.13. The van der Waals surface area contributed by atoms with Crippen molar-refractivity contribution in [3.05, 3.63) is 11.8 Å². The van der Waals surface area contributed by atoms with Gasteiger partial charge in [-0.15, -0.1) is 0 Å². The molecule has 0 saturated carbocycles. The van der Waals surface area contributed by atoms with E-state index < -0.39 is 0 Å². The van der Waals surface area contributed by atoms with E-state index in [0.29, 0.717) is 18.7 Å². The molecule has 2 aliphatic rings. The summed E-state index contributed by atoms with van der Waals surface area (Å²) in [7, 11) is 1.67. The summed E-state index contributed by atoms with van der Waals surface area (Å²) in [5.41, 5.74) is 0.499. The van der Waals surface area contributed by atoms with E-state index in [0.717, 1.165) is 38.2 Å². The third-order valence-corrected chi connectivity index (χ3v) is 3.02. The van der Waals surface area contributed by atoms with Crippen LogP contribution in [0.5, 0.6) is 0 Å². The van der Waals surface area contributed by atoms with Crippen LogP contribution in [0.4, 0.5) is 0 Å². The van der Waals surface area contributed by atoms with E-state index in [2.05, 4.69) is 9.89 Å². The lowest BCUT2D eigenvalue weighted by Gasteiger charge is -2.30. The number of methoxy groups -OCH3 is 1. The van der Waals surface area contributed by atoms with Crippen LogP contribution in [-0.2, 0) is 14.3 Å². The largest absolute Gasteiger partial charge is 0.380 e. The minimum atomic E-state index is -0.0446. The average Bonchev–Trinajstić information content (AvgIpc) is 2.66. The number of amidine groups is 1. The van der Waals surface area contributed by atoms with Gasteiger partial charge in [-0.25, -0.2) is 4.99 Å². The maximum absolute atomic E-state index is 10.8. The van der Waals surface area contributed by atoms with E-state index in [1.54, 1.807) is 7.11 Å². The summed E-state index contributed by atoms with van der Waals surface area (Å²) >= 11 is 0. The Labute approximate surface area is 101 Å². The van der Waals surface area contributed by atoms with E-state index in [1.807, 2.05) is 6.08 Å². The molecule has 0 bridgehead atoms. The van der Waals surface area contributed by atoms with Crippen LogP contribution in [0.15, 0.2) is 16.8 Å². The topological polar surface area (TPSA) is 51.1 Å². The fourth-order valence-electron chi connectivity index (χ4n) is 2.11. The van der Waals surface area contributed by atoms with Crippen molar-refractivity contribution in [2.24, 2.45) is 4.99 Å². The van der Waals surface area contributed by atoms with Gasteiger partial charge in [0.2, 0.25) is 0 Å². The van der Waals surface area contributed by atoms with Crippen LogP contribution in [0, 0.1) is 0 Å². The molecular formula is C12H18N2O3. The number of ether oxygens (including phenoxy) is 2. The summed E-state index contributed by atoms with van der Waals surface area (Å²) in [6.07, 6.45) is 4.26. The lowest BCUT2D eigenvalue weighted by Crippen LogP contribution is -2.42. The van der Waals surface area contributed by atoms with Crippen LogP contribution < -0.4 is 0 Å². The van der Waals surface area contributed by atoms with Crippen LogP contribution in [0.1, 0.15) is 12.8 Å². The first-order valence-corrected chi connectivity index (χ1v) is 5.94. The predicted molar refractivity (Wildman–Crippen MR) is 64.0 cm³/mol. The molecule has 1 saturated heterocycles. The first-order valence-electron chi connectivity index (χ1n) is 5.94. The highest BCUT2D eigenvalue weighted by molar-refractivity contribution is 5.92. The van der Waals surface area contributed by atoms with Crippen LogP contribution in [0.2, 0.25) is 0 Å². The Morgan fingerprint density at radius 2 is 2.41 bits per heavy atom. The molecular weight excluding hydrogens is 220 g/mol. The Morgan fingerprint density at radius 3 is 3.18 bits per heavy atom.